The summed E-state index contributed by atoms with van der Waals surface area (Å²) < 4.78 is 5.03. The van der Waals surface area contributed by atoms with E-state index in [1.54, 1.807) is 0 Å². The molecule has 0 aromatic heterocycles. The van der Waals surface area contributed by atoms with Gasteiger partial charge in [0.25, 0.3) is 5.91 Å². The molecule has 1 aliphatic rings. The number of ketones is 1. The first-order valence-corrected chi connectivity index (χ1v) is 10.1. The highest BCUT2D eigenvalue weighted by atomic mass is 16.5. The molecular weight excluding hydrogens is 366 g/mol. The van der Waals surface area contributed by atoms with E-state index in [0.29, 0.717) is 5.56 Å². The molecule has 0 saturated heterocycles. The van der Waals surface area contributed by atoms with Crippen LogP contribution in [0.25, 0.3) is 0 Å². The fourth-order valence-corrected chi connectivity index (χ4v) is 3.67. The normalized spacial score (nSPS) is 12.8. The summed E-state index contributed by atoms with van der Waals surface area (Å²) in [6, 6.07) is 11.6. The molecule has 0 unspecified atom stereocenters. The lowest BCUT2D eigenvalue weighted by molar-refractivity contribution is -0.147. The Kier molecular flexibility index (Phi) is 6.81. The minimum absolute atomic E-state index is 0.0351. The standard InChI is InChI=1S/C24H27NO4/c1-16-6-5-7-17(2)24(16)25-22(27)15-29-23(28)13-12-21(26)20-11-10-18-8-3-4-9-19(18)14-20/h5-7,10-11,14H,3-4,8-9,12-13,15H2,1-2H3,(H,25,27). The Morgan fingerprint density at radius 2 is 1.62 bits per heavy atom. The quantitative estimate of drug-likeness (QED) is 0.561. The van der Waals surface area contributed by atoms with Crippen molar-refractivity contribution in [3.63, 3.8) is 0 Å². The summed E-state index contributed by atoms with van der Waals surface area (Å²) in [5, 5.41) is 2.77. The van der Waals surface area contributed by atoms with E-state index in [2.05, 4.69) is 5.32 Å². The summed E-state index contributed by atoms with van der Waals surface area (Å²) in [6.07, 6.45) is 4.47. The summed E-state index contributed by atoms with van der Waals surface area (Å²) in [5.74, 6) is -1.01. The van der Waals surface area contributed by atoms with Crippen molar-refractivity contribution in [3.8, 4) is 0 Å². The summed E-state index contributed by atoms with van der Waals surface area (Å²) in [7, 11) is 0. The van der Waals surface area contributed by atoms with Crippen molar-refractivity contribution in [2.24, 2.45) is 0 Å². The fourth-order valence-electron chi connectivity index (χ4n) is 3.67. The van der Waals surface area contributed by atoms with Crippen LogP contribution in [0.15, 0.2) is 36.4 Å². The number of rotatable bonds is 7. The lowest BCUT2D eigenvalue weighted by atomic mass is 9.89. The number of carbonyl (C=O) groups is 3. The van der Waals surface area contributed by atoms with Gasteiger partial charge >= 0.3 is 5.97 Å². The zero-order valence-corrected chi connectivity index (χ0v) is 17.0. The molecule has 1 N–H and O–H groups in total. The third kappa shape index (κ3) is 5.53. The van der Waals surface area contributed by atoms with Crippen molar-refractivity contribution >= 4 is 23.3 Å². The summed E-state index contributed by atoms with van der Waals surface area (Å²) in [5.41, 5.74) is 5.83. The van der Waals surface area contributed by atoms with Gasteiger partial charge in [0.15, 0.2) is 12.4 Å². The number of nitrogens with one attached hydrogen (secondary N) is 1. The van der Waals surface area contributed by atoms with Gasteiger partial charge in [0.05, 0.1) is 6.42 Å². The highest BCUT2D eigenvalue weighted by Crippen LogP contribution is 2.23. The maximum absolute atomic E-state index is 12.4. The third-order valence-electron chi connectivity index (χ3n) is 5.34. The van der Waals surface area contributed by atoms with Crippen LogP contribution < -0.4 is 5.32 Å². The molecule has 152 valence electrons. The number of esters is 1. The zero-order chi connectivity index (χ0) is 20.8. The van der Waals surface area contributed by atoms with Crippen molar-refractivity contribution in [3.05, 3.63) is 64.2 Å². The second kappa shape index (κ2) is 9.50. The third-order valence-corrected chi connectivity index (χ3v) is 5.34. The van der Waals surface area contributed by atoms with Gasteiger partial charge in [0.1, 0.15) is 0 Å². The minimum atomic E-state index is -0.548. The molecule has 0 aliphatic heterocycles. The Balaban J connectivity index is 1.45. The summed E-state index contributed by atoms with van der Waals surface area (Å²) in [6.45, 7) is 3.45. The van der Waals surface area contributed by atoms with Crippen LogP contribution in [-0.2, 0) is 27.2 Å². The molecule has 29 heavy (non-hydrogen) atoms. The van der Waals surface area contributed by atoms with E-state index in [1.165, 1.54) is 17.5 Å². The van der Waals surface area contributed by atoms with Crippen molar-refractivity contribution < 1.29 is 19.1 Å². The van der Waals surface area contributed by atoms with Crippen molar-refractivity contribution in [1.82, 2.24) is 0 Å². The van der Waals surface area contributed by atoms with Crippen LogP contribution in [0.5, 0.6) is 0 Å². The zero-order valence-electron chi connectivity index (χ0n) is 17.0. The number of hydrogen-bond donors (Lipinski definition) is 1. The molecular formula is C24H27NO4. The number of hydrogen-bond acceptors (Lipinski definition) is 4. The Hall–Kier alpha value is -2.95. The van der Waals surface area contributed by atoms with Gasteiger partial charge in [-0.05, 0) is 67.9 Å². The first-order chi connectivity index (χ1) is 13.9. The molecule has 2 aromatic rings. The predicted molar refractivity (Wildman–Crippen MR) is 112 cm³/mol. The average molecular weight is 393 g/mol. The van der Waals surface area contributed by atoms with Crippen LogP contribution in [0.4, 0.5) is 5.69 Å². The van der Waals surface area contributed by atoms with E-state index in [4.69, 9.17) is 4.74 Å². The van der Waals surface area contributed by atoms with Crippen LogP contribution in [-0.4, -0.2) is 24.3 Å². The SMILES string of the molecule is Cc1cccc(C)c1NC(=O)COC(=O)CCC(=O)c1ccc2c(c1)CCCC2. The fraction of sp³-hybridized carbons (Fsp3) is 0.375. The van der Waals surface area contributed by atoms with Crippen LogP contribution in [0.3, 0.4) is 0 Å². The Labute approximate surface area is 171 Å². The van der Waals surface area contributed by atoms with Crippen LogP contribution in [0.2, 0.25) is 0 Å². The van der Waals surface area contributed by atoms with Crippen molar-refractivity contribution in [2.45, 2.75) is 52.4 Å². The number of Topliss-reactive ketones (excluding diaryl/α,β-unsaturated/α-hetero) is 1. The molecule has 2 aromatic carbocycles. The lowest BCUT2D eigenvalue weighted by Crippen LogP contribution is -2.22. The van der Waals surface area contributed by atoms with E-state index in [-0.39, 0.29) is 25.2 Å². The van der Waals surface area contributed by atoms with E-state index in [1.807, 2.05) is 50.2 Å². The van der Waals surface area contributed by atoms with Gasteiger partial charge in [-0.25, -0.2) is 0 Å². The highest BCUT2D eigenvalue weighted by molar-refractivity contribution is 5.98. The molecule has 0 radical (unpaired) electrons. The Morgan fingerprint density at radius 3 is 2.34 bits per heavy atom. The molecule has 1 aliphatic carbocycles. The van der Waals surface area contributed by atoms with E-state index in [0.717, 1.165) is 36.1 Å². The number of benzene rings is 2. The Bertz CT molecular complexity index is 912. The number of fused-ring (bicyclic) bond motifs is 1. The number of anilines is 1. The van der Waals surface area contributed by atoms with Gasteiger partial charge in [-0.2, -0.15) is 0 Å². The smallest absolute Gasteiger partial charge is 0.306 e. The molecule has 0 atom stereocenters. The number of aryl methyl sites for hydroxylation is 4. The first kappa shape index (κ1) is 20.8. The monoisotopic (exact) mass is 393 g/mol. The second-order valence-electron chi connectivity index (χ2n) is 7.59. The Morgan fingerprint density at radius 1 is 0.931 bits per heavy atom. The topological polar surface area (TPSA) is 72.5 Å². The molecule has 0 heterocycles. The van der Waals surface area contributed by atoms with Gasteiger partial charge in [-0.1, -0.05) is 30.3 Å². The van der Waals surface area contributed by atoms with E-state index >= 15 is 0 Å². The summed E-state index contributed by atoms with van der Waals surface area (Å²) >= 11 is 0. The molecule has 5 nitrogen and oxygen atoms in total. The van der Waals surface area contributed by atoms with Gasteiger partial charge < -0.3 is 10.1 Å². The molecule has 0 spiro atoms. The maximum atomic E-state index is 12.4. The van der Waals surface area contributed by atoms with Gasteiger partial charge in [-0.15, -0.1) is 0 Å². The van der Waals surface area contributed by atoms with E-state index < -0.39 is 11.9 Å². The van der Waals surface area contributed by atoms with Crippen molar-refractivity contribution in [2.75, 3.05) is 11.9 Å². The maximum Gasteiger partial charge on any atom is 0.306 e. The lowest BCUT2D eigenvalue weighted by Gasteiger charge is -2.16. The second-order valence-corrected chi connectivity index (χ2v) is 7.59. The molecule has 5 heteroatoms. The number of ether oxygens (including phenoxy) is 1. The summed E-state index contributed by atoms with van der Waals surface area (Å²) in [4.78, 5) is 36.4. The number of para-hydroxylation sites is 1. The van der Waals surface area contributed by atoms with Crippen LogP contribution >= 0.6 is 0 Å². The van der Waals surface area contributed by atoms with E-state index in [9.17, 15) is 14.4 Å². The van der Waals surface area contributed by atoms with Gasteiger partial charge in [-0.3, -0.25) is 14.4 Å². The molecule has 0 fully saturated rings. The van der Waals surface area contributed by atoms with Crippen LogP contribution in [0, 0.1) is 13.8 Å². The largest absolute Gasteiger partial charge is 0.456 e. The molecule has 1 amide bonds. The van der Waals surface area contributed by atoms with Gasteiger partial charge in [0.2, 0.25) is 0 Å². The van der Waals surface area contributed by atoms with Gasteiger partial charge in [0, 0.05) is 17.7 Å². The predicted octanol–water partition coefficient (Wildman–Crippen LogP) is 4.33. The van der Waals surface area contributed by atoms with Crippen molar-refractivity contribution in [1.29, 1.82) is 0 Å². The minimum Gasteiger partial charge on any atom is -0.456 e. The molecule has 0 bridgehead atoms. The van der Waals surface area contributed by atoms with Crippen LogP contribution in [0.1, 0.15) is 58.3 Å². The number of amides is 1. The highest BCUT2D eigenvalue weighted by Gasteiger charge is 2.15. The molecule has 3 rings (SSSR count). The number of carbonyl (C=O) groups excluding carboxylic acids is 3. The first-order valence-electron chi connectivity index (χ1n) is 10.1. The molecule has 0 saturated carbocycles. The average Bonchev–Trinajstić information content (AvgIpc) is 2.72.